The molecule has 1 N–H and O–H groups in total. The molecular weight excluding hydrogens is 388 g/mol. The van der Waals surface area contributed by atoms with Gasteiger partial charge in [0, 0.05) is 31.9 Å². The van der Waals surface area contributed by atoms with Crippen LogP contribution in [0.15, 0.2) is 54.7 Å². The fourth-order valence-electron chi connectivity index (χ4n) is 2.93. The number of hydrogen-bond acceptors (Lipinski definition) is 4. The van der Waals surface area contributed by atoms with Crippen LogP contribution in [0.25, 0.3) is 16.9 Å². The van der Waals surface area contributed by atoms with E-state index in [2.05, 4.69) is 5.32 Å². The summed E-state index contributed by atoms with van der Waals surface area (Å²) in [5.41, 5.74) is 4.13. The van der Waals surface area contributed by atoms with E-state index in [0.717, 1.165) is 23.5 Å². The number of amides is 1. The molecule has 6 nitrogen and oxygen atoms in total. The quantitative estimate of drug-likeness (QED) is 0.642. The van der Waals surface area contributed by atoms with Crippen molar-refractivity contribution in [3.8, 4) is 22.7 Å². The van der Waals surface area contributed by atoms with Gasteiger partial charge in [-0.1, -0.05) is 29.8 Å². The molecule has 0 saturated heterocycles. The fraction of sp³-hybridized carbons (Fsp3) is 0.273. The highest BCUT2D eigenvalue weighted by molar-refractivity contribution is 5.99. The number of hydrogen-bond donors (Lipinski definition) is 1. The highest BCUT2D eigenvalue weighted by atomic mass is 35.5. The van der Waals surface area contributed by atoms with Gasteiger partial charge in [0.25, 0.3) is 5.91 Å². The number of aromatic nitrogens is 2. The van der Waals surface area contributed by atoms with E-state index in [-0.39, 0.29) is 18.3 Å². The molecule has 0 fully saturated rings. The molecule has 0 radical (unpaired) electrons. The van der Waals surface area contributed by atoms with E-state index < -0.39 is 0 Å². The standard InChI is InChI=1S/C22H26N4O2.ClH/c1-16-8-10-18(11-9-16)26-15-20(22(27)25(3)13-12-23-2)21(24-26)17-6-5-7-19(14-17)28-4;/h5-11,14-15,23H,12-13H2,1-4H3;1H. The number of methoxy groups -OCH3 is 1. The first-order valence-corrected chi connectivity index (χ1v) is 9.24. The van der Waals surface area contributed by atoms with Gasteiger partial charge in [-0.3, -0.25) is 4.79 Å². The molecule has 0 aliphatic heterocycles. The Bertz CT molecular complexity index is 954. The van der Waals surface area contributed by atoms with Gasteiger partial charge in [0.2, 0.25) is 0 Å². The number of nitrogens with one attached hydrogen (secondary N) is 1. The third-order valence-electron chi connectivity index (χ3n) is 4.63. The molecule has 0 saturated carbocycles. The molecule has 1 aromatic heterocycles. The summed E-state index contributed by atoms with van der Waals surface area (Å²) in [5, 5.41) is 7.81. The van der Waals surface area contributed by atoms with Crippen molar-refractivity contribution in [1.29, 1.82) is 0 Å². The molecule has 1 amide bonds. The number of benzene rings is 2. The fourth-order valence-corrected chi connectivity index (χ4v) is 2.93. The van der Waals surface area contributed by atoms with Gasteiger partial charge in [-0.25, -0.2) is 4.68 Å². The molecule has 0 atom stereocenters. The third kappa shape index (κ3) is 5.16. The number of halogens is 1. The van der Waals surface area contributed by atoms with Gasteiger partial charge in [-0.05, 0) is 38.2 Å². The summed E-state index contributed by atoms with van der Waals surface area (Å²) in [6.45, 7) is 3.38. The Kier molecular flexibility index (Phi) is 7.82. The van der Waals surface area contributed by atoms with E-state index in [1.54, 1.807) is 29.9 Å². The number of ether oxygens (including phenoxy) is 1. The van der Waals surface area contributed by atoms with Crippen molar-refractivity contribution in [2.24, 2.45) is 0 Å². The average molecular weight is 415 g/mol. The molecule has 0 aliphatic carbocycles. The zero-order chi connectivity index (χ0) is 20.1. The summed E-state index contributed by atoms with van der Waals surface area (Å²) >= 11 is 0. The Morgan fingerprint density at radius 3 is 2.59 bits per heavy atom. The summed E-state index contributed by atoms with van der Waals surface area (Å²) in [5.74, 6) is 0.663. The zero-order valence-corrected chi connectivity index (χ0v) is 18.0. The second-order valence-corrected chi connectivity index (χ2v) is 6.73. The largest absolute Gasteiger partial charge is 0.497 e. The highest BCUT2D eigenvalue weighted by Gasteiger charge is 2.21. The first-order valence-electron chi connectivity index (χ1n) is 9.24. The minimum atomic E-state index is -0.0635. The second kappa shape index (κ2) is 10.1. The van der Waals surface area contributed by atoms with E-state index in [9.17, 15) is 4.79 Å². The van der Waals surface area contributed by atoms with Crippen molar-refractivity contribution in [2.45, 2.75) is 6.92 Å². The van der Waals surface area contributed by atoms with Gasteiger partial charge in [0.1, 0.15) is 11.4 Å². The molecule has 0 unspecified atom stereocenters. The Morgan fingerprint density at radius 1 is 1.21 bits per heavy atom. The van der Waals surface area contributed by atoms with Crippen LogP contribution in [-0.4, -0.2) is 54.9 Å². The van der Waals surface area contributed by atoms with Crippen LogP contribution in [0.1, 0.15) is 15.9 Å². The van der Waals surface area contributed by atoms with Crippen LogP contribution in [-0.2, 0) is 0 Å². The summed E-state index contributed by atoms with van der Waals surface area (Å²) < 4.78 is 7.10. The Balaban J connectivity index is 0.00000300. The van der Waals surface area contributed by atoms with Crippen LogP contribution >= 0.6 is 12.4 Å². The number of nitrogens with zero attached hydrogens (tertiary/aromatic N) is 3. The summed E-state index contributed by atoms with van der Waals surface area (Å²) in [6.07, 6.45) is 1.80. The monoisotopic (exact) mass is 414 g/mol. The minimum absolute atomic E-state index is 0. The van der Waals surface area contributed by atoms with E-state index >= 15 is 0 Å². The lowest BCUT2D eigenvalue weighted by molar-refractivity contribution is 0.0797. The maximum absolute atomic E-state index is 13.1. The van der Waals surface area contributed by atoms with Gasteiger partial charge in [-0.15, -0.1) is 12.4 Å². The lowest BCUT2D eigenvalue weighted by Crippen LogP contribution is -2.32. The van der Waals surface area contributed by atoms with Crippen molar-refractivity contribution in [2.75, 3.05) is 34.3 Å². The van der Waals surface area contributed by atoms with E-state index in [0.29, 0.717) is 17.8 Å². The predicted molar refractivity (Wildman–Crippen MR) is 118 cm³/mol. The van der Waals surface area contributed by atoms with Crippen molar-refractivity contribution < 1.29 is 9.53 Å². The van der Waals surface area contributed by atoms with Gasteiger partial charge in [0.15, 0.2) is 0 Å². The molecule has 3 rings (SSSR count). The Hall–Kier alpha value is -2.83. The van der Waals surface area contributed by atoms with E-state index in [1.165, 1.54) is 5.56 Å². The molecule has 2 aromatic carbocycles. The number of carbonyl (C=O) groups excluding carboxylic acids is 1. The van der Waals surface area contributed by atoms with Crippen LogP contribution in [0.2, 0.25) is 0 Å². The van der Waals surface area contributed by atoms with Crippen molar-refractivity contribution >= 4 is 18.3 Å². The Morgan fingerprint density at radius 2 is 1.93 bits per heavy atom. The number of likely N-dealkylation sites (N-methyl/N-ethyl adjacent to an activating group) is 2. The number of carbonyl (C=O) groups is 1. The minimum Gasteiger partial charge on any atom is -0.497 e. The molecular formula is C22H27ClN4O2. The van der Waals surface area contributed by atoms with E-state index in [1.807, 2.05) is 62.5 Å². The highest BCUT2D eigenvalue weighted by Crippen LogP contribution is 2.27. The molecule has 29 heavy (non-hydrogen) atoms. The first kappa shape index (κ1) is 22.5. The molecule has 7 heteroatoms. The first-order chi connectivity index (χ1) is 13.5. The van der Waals surface area contributed by atoms with Gasteiger partial charge < -0.3 is 15.0 Å². The molecule has 1 heterocycles. The van der Waals surface area contributed by atoms with Gasteiger partial charge >= 0.3 is 0 Å². The maximum Gasteiger partial charge on any atom is 0.257 e. The molecule has 154 valence electrons. The van der Waals surface area contributed by atoms with E-state index in [4.69, 9.17) is 9.84 Å². The van der Waals surface area contributed by atoms with Crippen molar-refractivity contribution in [3.05, 3.63) is 65.9 Å². The molecule has 3 aromatic rings. The van der Waals surface area contributed by atoms with Crippen LogP contribution < -0.4 is 10.1 Å². The van der Waals surface area contributed by atoms with Crippen molar-refractivity contribution in [3.63, 3.8) is 0 Å². The van der Waals surface area contributed by atoms with Crippen LogP contribution in [0, 0.1) is 6.92 Å². The Labute approximate surface area is 177 Å². The second-order valence-electron chi connectivity index (χ2n) is 6.73. The predicted octanol–water partition coefficient (Wildman–Crippen LogP) is 3.57. The molecule has 0 aliphatic rings. The number of rotatable bonds is 7. The summed E-state index contributed by atoms with van der Waals surface area (Å²) in [7, 11) is 5.30. The third-order valence-corrected chi connectivity index (χ3v) is 4.63. The lowest BCUT2D eigenvalue weighted by atomic mass is 10.1. The van der Waals surface area contributed by atoms with Crippen LogP contribution in [0.5, 0.6) is 5.75 Å². The molecule has 0 spiro atoms. The summed E-state index contributed by atoms with van der Waals surface area (Å²) in [6, 6.07) is 15.7. The normalized spacial score (nSPS) is 10.3. The maximum atomic E-state index is 13.1. The lowest BCUT2D eigenvalue weighted by Gasteiger charge is -2.16. The van der Waals surface area contributed by atoms with Crippen LogP contribution in [0.4, 0.5) is 0 Å². The number of aryl methyl sites for hydroxylation is 1. The smallest absolute Gasteiger partial charge is 0.257 e. The van der Waals surface area contributed by atoms with Gasteiger partial charge in [0.05, 0.1) is 18.4 Å². The summed E-state index contributed by atoms with van der Waals surface area (Å²) in [4.78, 5) is 14.8. The molecule has 0 bridgehead atoms. The zero-order valence-electron chi connectivity index (χ0n) is 17.2. The topological polar surface area (TPSA) is 59.4 Å². The SMILES string of the molecule is CNCCN(C)C(=O)c1cn(-c2ccc(C)cc2)nc1-c1cccc(OC)c1.Cl. The average Bonchev–Trinajstić information content (AvgIpc) is 3.17. The van der Waals surface area contributed by atoms with Gasteiger partial charge in [-0.2, -0.15) is 5.10 Å². The van der Waals surface area contributed by atoms with Crippen LogP contribution in [0.3, 0.4) is 0 Å². The van der Waals surface area contributed by atoms with Crippen molar-refractivity contribution in [1.82, 2.24) is 20.0 Å².